The van der Waals surface area contributed by atoms with Crippen LogP contribution in [0.25, 0.3) is 0 Å². The van der Waals surface area contributed by atoms with Gasteiger partial charge in [-0.2, -0.15) is 0 Å². The summed E-state index contributed by atoms with van der Waals surface area (Å²) in [5.74, 6) is 1.85. The summed E-state index contributed by atoms with van der Waals surface area (Å²) in [6.07, 6.45) is 0.421. The van der Waals surface area contributed by atoms with Crippen molar-refractivity contribution in [1.29, 1.82) is 0 Å². The Balaban J connectivity index is 1.54. The number of carbonyl (C=O) groups excluding carboxylic acids is 1. The van der Waals surface area contributed by atoms with Gasteiger partial charge in [0.05, 0.1) is 20.6 Å². The largest absolute Gasteiger partial charge is 0.497 e. The first kappa shape index (κ1) is 19.0. The number of methoxy groups -OCH3 is 2. The molecule has 0 saturated carbocycles. The van der Waals surface area contributed by atoms with Crippen molar-refractivity contribution in [3.8, 4) is 11.5 Å². The Morgan fingerprint density at radius 2 is 1.70 bits per heavy atom. The van der Waals surface area contributed by atoms with Gasteiger partial charge in [0.15, 0.2) is 0 Å². The van der Waals surface area contributed by atoms with Crippen LogP contribution in [0.3, 0.4) is 0 Å². The molecule has 2 aromatic rings. The Hall–Kier alpha value is -2.73. The number of carbonyl (C=O) groups is 1. The topological polar surface area (TPSA) is 68.0 Å². The van der Waals surface area contributed by atoms with E-state index in [2.05, 4.69) is 4.90 Å². The minimum Gasteiger partial charge on any atom is -0.497 e. The van der Waals surface area contributed by atoms with Gasteiger partial charge in [-0.15, -0.1) is 0 Å². The molecule has 1 heterocycles. The molecule has 0 spiro atoms. The molecule has 0 bridgehead atoms. The third-order valence-electron chi connectivity index (χ3n) is 4.94. The number of hydrogen-bond donors (Lipinski definition) is 1. The summed E-state index contributed by atoms with van der Waals surface area (Å²) < 4.78 is 10.8. The molecule has 0 radical (unpaired) electrons. The lowest BCUT2D eigenvalue weighted by Crippen LogP contribution is -2.48. The number of benzene rings is 2. The summed E-state index contributed by atoms with van der Waals surface area (Å²) in [7, 11) is 3.34. The minimum absolute atomic E-state index is 0.165. The van der Waals surface area contributed by atoms with Gasteiger partial charge in [-0.05, 0) is 35.9 Å². The van der Waals surface area contributed by atoms with Gasteiger partial charge in [0.25, 0.3) is 0 Å². The molecule has 1 aliphatic rings. The van der Waals surface area contributed by atoms with E-state index < -0.39 is 0 Å². The minimum atomic E-state index is 0.165. The molecule has 1 fully saturated rings. The van der Waals surface area contributed by atoms with E-state index in [0.717, 1.165) is 55.3 Å². The maximum atomic E-state index is 12.5. The Bertz CT molecular complexity index is 769. The maximum absolute atomic E-state index is 12.5. The van der Waals surface area contributed by atoms with Crippen LogP contribution in [0.1, 0.15) is 11.1 Å². The highest BCUT2D eigenvalue weighted by atomic mass is 16.5. The highest BCUT2D eigenvalue weighted by molar-refractivity contribution is 5.79. The smallest absolute Gasteiger partial charge is 0.227 e. The number of amides is 1. The van der Waals surface area contributed by atoms with Crippen LogP contribution in [0.5, 0.6) is 11.5 Å². The molecule has 27 heavy (non-hydrogen) atoms. The standard InChI is InChI=1S/C21H27N3O3/c1-26-19-7-8-20(27-2)17(14-19)15-23-9-11-24(12-10-23)21(25)13-16-3-5-18(22)6-4-16/h3-8,14H,9-13,15,22H2,1-2H3. The van der Waals surface area contributed by atoms with Crippen LogP contribution in [-0.4, -0.2) is 56.1 Å². The van der Waals surface area contributed by atoms with E-state index in [9.17, 15) is 4.79 Å². The fourth-order valence-corrected chi connectivity index (χ4v) is 3.32. The third-order valence-corrected chi connectivity index (χ3v) is 4.94. The molecule has 0 aliphatic carbocycles. The van der Waals surface area contributed by atoms with Crippen LogP contribution < -0.4 is 15.2 Å². The number of ether oxygens (including phenoxy) is 2. The van der Waals surface area contributed by atoms with Crippen LogP contribution >= 0.6 is 0 Å². The van der Waals surface area contributed by atoms with Gasteiger partial charge >= 0.3 is 0 Å². The molecule has 6 heteroatoms. The maximum Gasteiger partial charge on any atom is 0.227 e. The molecule has 0 aromatic heterocycles. The Morgan fingerprint density at radius 3 is 2.33 bits per heavy atom. The lowest BCUT2D eigenvalue weighted by Gasteiger charge is -2.35. The van der Waals surface area contributed by atoms with Crippen molar-refractivity contribution in [3.05, 3.63) is 53.6 Å². The molecular formula is C21H27N3O3. The van der Waals surface area contributed by atoms with Crippen molar-refractivity contribution >= 4 is 11.6 Å². The van der Waals surface area contributed by atoms with Gasteiger partial charge in [-0.1, -0.05) is 12.1 Å². The predicted molar refractivity (Wildman–Crippen MR) is 106 cm³/mol. The van der Waals surface area contributed by atoms with Gasteiger partial charge in [0.1, 0.15) is 11.5 Å². The predicted octanol–water partition coefficient (Wildman–Crippen LogP) is 2.17. The molecule has 0 atom stereocenters. The van der Waals surface area contributed by atoms with Gasteiger partial charge < -0.3 is 20.1 Å². The summed E-state index contributed by atoms with van der Waals surface area (Å²) in [6.45, 7) is 3.93. The molecular weight excluding hydrogens is 342 g/mol. The van der Waals surface area contributed by atoms with E-state index in [4.69, 9.17) is 15.2 Å². The number of hydrogen-bond acceptors (Lipinski definition) is 5. The average Bonchev–Trinajstić information content (AvgIpc) is 2.70. The number of anilines is 1. The number of nitrogen functional groups attached to an aromatic ring is 1. The van der Waals surface area contributed by atoms with Crippen molar-refractivity contribution in [1.82, 2.24) is 9.80 Å². The van der Waals surface area contributed by atoms with Gasteiger partial charge in [-0.25, -0.2) is 0 Å². The van der Waals surface area contributed by atoms with Crippen LogP contribution in [0.2, 0.25) is 0 Å². The monoisotopic (exact) mass is 369 g/mol. The Labute approximate surface area is 160 Å². The molecule has 2 aromatic carbocycles. The van der Waals surface area contributed by atoms with Crippen molar-refractivity contribution in [2.24, 2.45) is 0 Å². The summed E-state index contributed by atoms with van der Waals surface area (Å²) in [5, 5.41) is 0. The number of nitrogens with two attached hydrogens (primary N) is 1. The van der Waals surface area contributed by atoms with Crippen LogP contribution in [0.15, 0.2) is 42.5 Å². The quantitative estimate of drug-likeness (QED) is 0.791. The second kappa shape index (κ2) is 8.77. The normalized spacial score (nSPS) is 14.8. The summed E-state index contributed by atoms with van der Waals surface area (Å²) >= 11 is 0. The molecule has 6 nitrogen and oxygen atoms in total. The Kier molecular flexibility index (Phi) is 6.19. The van der Waals surface area contributed by atoms with Gasteiger partial charge in [0, 0.05) is 44.0 Å². The first-order valence-electron chi connectivity index (χ1n) is 9.14. The first-order valence-corrected chi connectivity index (χ1v) is 9.14. The molecule has 2 N–H and O–H groups in total. The fourth-order valence-electron chi connectivity index (χ4n) is 3.32. The van der Waals surface area contributed by atoms with E-state index >= 15 is 0 Å². The van der Waals surface area contributed by atoms with Crippen molar-refractivity contribution < 1.29 is 14.3 Å². The molecule has 1 amide bonds. The van der Waals surface area contributed by atoms with E-state index in [1.165, 1.54) is 0 Å². The van der Waals surface area contributed by atoms with Crippen molar-refractivity contribution in [2.75, 3.05) is 46.1 Å². The van der Waals surface area contributed by atoms with Crippen molar-refractivity contribution in [3.63, 3.8) is 0 Å². The zero-order valence-corrected chi connectivity index (χ0v) is 16.0. The molecule has 1 aliphatic heterocycles. The second-order valence-electron chi connectivity index (χ2n) is 6.75. The average molecular weight is 369 g/mol. The van der Waals surface area contributed by atoms with Crippen molar-refractivity contribution in [2.45, 2.75) is 13.0 Å². The third kappa shape index (κ3) is 4.92. The van der Waals surface area contributed by atoms with Gasteiger partial charge in [-0.3, -0.25) is 9.69 Å². The van der Waals surface area contributed by atoms with E-state index in [-0.39, 0.29) is 5.91 Å². The zero-order valence-electron chi connectivity index (χ0n) is 16.0. The first-order chi connectivity index (χ1) is 13.1. The molecule has 1 saturated heterocycles. The Morgan fingerprint density at radius 1 is 1.00 bits per heavy atom. The molecule has 0 unspecified atom stereocenters. The SMILES string of the molecule is COc1ccc(OC)c(CN2CCN(C(=O)Cc3ccc(N)cc3)CC2)c1. The lowest BCUT2D eigenvalue weighted by atomic mass is 10.1. The summed E-state index contributed by atoms with van der Waals surface area (Å²) in [5.41, 5.74) is 8.51. The van der Waals surface area contributed by atoms with Gasteiger partial charge in [0.2, 0.25) is 5.91 Å². The zero-order chi connectivity index (χ0) is 19.2. The molecule has 3 rings (SSSR count). The second-order valence-corrected chi connectivity index (χ2v) is 6.75. The summed E-state index contributed by atoms with van der Waals surface area (Å²) in [6, 6.07) is 13.3. The van der Waals surface area contributed by atoms with E-state index in [1.807, 2.05) is 47.4 Å². The molecule has 144 valence electrons. The van der Waals surface area contributed by atoms with Crippen LogP contribution in [-0.2, 0) is 17.8 Å². The number of rotatable bonds is 6. The fraction of sp³-hybridized carbons (Fsp3) is 0.381. The van der Waals surface area contributed by atoms with E-state index in [1.54, 1.807) is 14.2 Å². The highest BCUT2D eigenvalue weighted by Crippen LogP contribution is 2.25. The van der Waals surface area contributed by atoms with E-state index in [0.29, 0.717) is 12.1 Å². The number of nitrogens with zero attached hydrogens (tertiary/aromatic N) is 2. The highest BCUT2D eigenvalue weighted by Gasteiger charge is 2.22. The van der Waals surface area contributed by atoms with Crippen LogP contribution in [0.4, 0.5) is 5.69 Å². The number of piperazine rings is 1. The van der Waals surface area contributed by atoms with Crippen LogP contribution in [0, 0.1) is 0 Å². The lowest BCUT2D eigenvalue weighted by molar-refractivity contribution is -0.132. The summed E-state index contributed by atoms with van der Waals surface area (Å²) in [4.78, 5) is 16.8.